The van der Waals surface area contributed by atoms with Gasteiger partial charge in [0.15, 0.2) is 0 Å². The summed E-state index contributed by atoms with van der Waals surface area (Å²) >= 11 is 0. The van der Waals surface area contributed by atoms with E-state index in [2.05, 4.69) is 50.4 Å². The lowest BCUT2D eigenvalue weighted by molar-refractivity contribution is -0.105. The van der Waals surface area contributed by atoms with Crippen LogP contribution < -0.4 is 5.32 Å². The van der Waals surface area contributed by atoms with E-state index in [0.29, 0.717) is 22.9 Å². The number of rotatable bonds is 4. The summed E-state index contributed by atoms with van der Waals surface area (Å²) in [4.78, 5) is 11.6. The Morgan fingerprint density at radius 1 is 1.07 bits per heavy atom. The normalized spacial score (nSPS) is 28.1. The molecule has 0 saturated heterocycles. The third kappa shape index (κ3) is 3.13. The number of benzene rings is 2. The number of carbonyl (C=O) groups is 1. The number of methoxy groups -OCH3 is 1. The summed E-state index contributed by atoms with van der Waals surface area (Å²) in [7, 11) is 1.41. The van der Waals surface area contributed by atoms with Gasteiger partial charge in [-0.3, -0.25) is 0 Å². The Bertz CT molecular complexity index is 840. The van der Waals surface area contributed by atoms with Crippen LogP contribution >= 0.6 is 0 Å². The molecule has 1 N–H and O–H groups in total. The lowest BCUT2D eigenvalue weighted by atomic mass is 9.45. The van der Waals surface area contributed by atoms with Gasteiger partial charge in [0.2, 0.25) is 0 Å². The van der Waals surface area contributed by atoms with Crippen LogP contribution in [0.5, 0.6) is 0 Å². The molecule has 142 valence electrons. The summed E-state index contributed by atoms with van der Waals surface area (Å²) in [6.07, 6.45) is 2.67. The van der Waals surface area contributed by atoms with Gasteiger partial charge in [-0.15, -0.1) is 0 Å². The van der Waals surface area contributed by atoms with E-state index in [-0.39, 0.29) is 5.97 Å². The largest absolute Gasteiger partial charge is 0.465 e. The first kappa shape index (κ1) is 18.1. The van der Waals surface area contributed by atoms with Crippen LogP contribution in [0.3, 0.4) is 0 Å². The summed E-state index contributed by atoms with van der Waals surface area (Å²) in [5.74, 6) is 2.09. The van der Waals surface area contributed by atoms with E-state index < -0.39 is 0 Å². The van der Waals surface area contributed by atoms with E-state index in [9.17, 15) is 4.79 Å². The van der Waals surface area contributed by atoms with Crippen molar-refractivity contribution in [2.24, 2.45) is 23.2 Å². The monoisotopic (exact) mass is 363 g/mol. The van der Waals surface area contributed by atoms with Crippen molar-refractivity contribution >= 4 is 11.7 Å². The number of carbonyl (C=O) groups excluding carboxylic acids is 1. The molecule has 0 heterocycles. The molecule has 2 bridgehead atoms. The molecule has 3 saturated carbocycles. The van der Waals surface area contributed by atoms with Crippen LogP contribution in [-0.2, 0) is 4.74 Å². The fourth-order valence-electron chi connectivity index (χ4n) is 5.26. The Balaban J connectivity index is 1.49. The zero-order chi connectivity index (χ0) is 19.2. The van der Waals surface area contributed by atoms with Gasteiger partial charge in [-0.2, -0.15) is 0 Å². The number of hydrogen-bond acceptors (Lipinski definition) is 3. The highest BCUT2D eigenvalue weighted by atomic mass is 16.5. The molecule has 0 aromatic heterocycles. The maximum absolute atomic E-state index is 11.6. The molecule has 2 aromatic carbocycles. The van der Waals surface area contributed by atoms with Crippen LogP contribution in [0, 0.1) is 23.2 Å². The fraction of sp³-hybridized carbons (Fsp3) is 0.458. The van der Waals surface area contributed by atoms with Gasteiger partial charge < -0.3 is 10.1 Å². The van der Waals surface area contributed by atoms with Crippen LogP contribution in [0.15, 0.2) is 48.5 Å². The topological polar surface area (TPSA) is 38.3 Å². The van der Waals surface area contributed by atoms with Crippen molar-refractivity contribution in [1.82, 2.24) is 0 Å². The van der Waals surface area contributed by atoms with E-state index in [0.717, 1.165) is 23.0 Å². The van der Waals surface area contributed by atoms with Gasteiger partial charge in [-0.25, -0.2) is 4.79 Å². The van der Waals surface area contributed by atoms with E-state index >= 15 is 0 Å². The minimum atomic E-state index is -0.301. The molecule has 27 heavy (non-hydrogen) atoms. The first-order chi connectivity index (χ1) is 12.9. The highest BCUT2D eigenvalue weighted by molar-refractivity contribution is 5.90. The summed E-state index contributed by atoms with van der Waals surface area (Å²) < 4.78 is 4.77. The fourth-order valence-corrected chi connectivity index (χ4v) is 5.26. The Morgan fingerprint density at radius 2 is 1.81 bits per heavy atom. The molecule has 2 aromatic rings. The van der Waals surface area contributed by atoms with Crippen molar-refractivity contribution in [3.63, 3.8) is 0 Å². The van der Waals surface area contributed by atoms with Crippen LogP contribution in [0.2, 0.25) is 0 Å². The number of anilines is 1. The second kappa shape index (κ2) is 6.70. The van der Waals surface area contributed by atoms with Crippen LogP contribution in [0.25, 0.3) is 11.1 Å². The second-order valence-electron chi connectivity index (χ2n) is 8.86. The van der Waals surface area contributed by atoms with E-state index in [1.165, 1.54) is 25.6 Å². The summed E-state index contributed by atoms with van der Waals surface area (Å²) in [6, 6.07) is 16.7. The van der Waals surface area contributed by atoms with Crippen LogP contribution in [-0.4, -0.2) is 19.1 Å². The molecule has 0 spiro atoms. The SMILES string of the molecule is COC(=O)c1ccc(-c2cccc(N[C@H]3C[C@H]4C[C@@H]([C@@H]3C)C4(C)C)c2)cc1. The van der Waals surface area contributed by atoms with Crippen molar-refractivity contribution in [3.8, 4) is 11.1 Å². The zero-order valence-electron chi connectivity index (χ0n) is 16.7. The van der Waals surface area contributed by atoms with Gasteiger partial charge in [0.25, 0.3) is 0 Å². The molecule has 5 rings (SSSR count). The molecule has 3 aliphatic rings. The van der Waals surface area contributed by atoms with Gasteiger partial charge in [0, 0.05) is 11.7 Å². The van der Waals surface area contributed by atoms with Gasteiger partial charge >= 0.3 is 5.97 Å². The lowest BCUT2D eigenvalue weighted by Crippen LogP contribution is -2.58. The summed E-state index contributed by atoms with van der Waals surface area (Å²) in [5.41, 5.74) is 4.53. The highest BCUT2D eigenvalue weighted by Crippen LogP contribution is 2.61. The zero-order valence-corrected chi connectivity index (χ0v) is 16.7. The average Bonchev–Trinajstić information content (AvgIpc) is 2.68. The standard InChI is InChI=1S/C24H29NO2/c1-15-21-13-19(24(21,2)3)14-22(15)25-20-7-5-6-18(12-20)16-8-10-17(11-9-16)23(26)27-4/h5-12,15,19,21-22,25H,13-14H2,1-4H3/t15-,19+,21-,22-/m0/s1. The minimum Gasteiger partial charge on any atom is -0.465 e. The van der Waals surface area contributed by atoms with Crippen molar-refractivity contribution in [3.05, 3.63) is 54.1 Å². The summed E-state index contributed by atoms with van der Waals surface area (Å²) in [6.45, 7) is 7.29. The number of fused-ring (bicyclic) bond motifs is 2. The molecule has 3 heteroatoms. The number of ether oxygens (including phenoxy) is 1. The maximum Gasteiger partial charge on any atom is 0.337 e. The molecule has 3 aliphatic carbocycles. The molecule has 0 unspecified atom stereocenters. The van der Waals surface area contributed by atoms with Crippen molar-refractivity contribution in [2.75, 3.05) is 12.4 Å². The Kier molecular flexibility index (Phi) is 4.49. The third-order valence-electron chi connectivity index (χ3n) is 7.21. The van der Waals surface area contributed by atoms with Crippen molar-refractivity contribution in [1.29, 1.82) is 0 Å². The third-order valence-corrected chi connectivity index (χ3v) is 7.21. The van der Waals surface area contributed by atoms with E-state index in [1.807, 2.05) is 24.3 Å². The predicted octanol–water partition coefficient (Wildman–Crippen LogP) is 5.62. The first-order valence-corrected chi connectivity index (χ1v) is 9.95. The molecular formula is C24H29NO2. The molecule has 0 aliphatic heterocycles. The minimum absolute atomic E-state index is 0.301. The van der Waals surface area contributed by atoms with Crippen LogP contribution in [0.1, 0.15) is 44.0 Å². The number of esters is 1. The average molecular weight is 364 g/mol. The summed E-state index contributed by atoms with van der Waals surface area (Å²) in [5, 5.41) is 3.80. The Morgan fingerprint density at radius 3 is 2.44 bits per heavy atom. The van der Waals surface area contributed by atoms with Crippen LogP contribution in [0.4, 0.5) is 5.69 Å². The Hall–Kier alpha value is -2.29. The van der Waals surface area contributed by atoms with Crippen molar-refractivity contribution in [2.45, 2.75) is 39.7 Å². The number of hydrogen-bond donors (Lipinski definition) is 1. The molecular weight excluding hydrogens is 334 g/mol. The van der Waals surface area contributed by atoms with E-state index in [4.69, 9.17) is 4.74 Å². The lowest BCUT2D eigenvalue weighted by Gasteiger charge is -2.62. The van der Waals surface area contributed by atoms with Gasteiger partial charge in [-0.05, 0) is 71.4 Å². The molecule has 3 fully saturated rings. The second-order valence-corrected chi connectivity index (χ2v) is 8.86. The maximum atomic E-state index is 11.6. The smallest absolute Gasteiger partial charge is 0.337 e. The Labute approximate surface area is 162 Å². The molecule has 3 nitrogen and oxygen atoms in total. The van der Waals surface area contributed by atoms with Gasteiger partial charge in [0.05, 0.1) is 12.7 Å². The molecule has 0 radical (unpaired) electrons. The van der Waals surface area contributed by atoms with Gasteiger partial charge in [-0.1, -0.05) is 45.0 Å². The predicted molar refractivity (Wildman–Crippen MR) is 110 cm³/mol. The van der Waals surface area contributed by atoms with E-state index in [1.54, 1.807) is 0 Å². The highest BCUT2D eigenvalue weighted by Gasteiger charge is 2.56. The first-order valence-electron chi connectivity index (χ1n) is 9.95. The quantitative estimate of drug-likeness (QED) is 0.716. The number of nitrogens with one attached hydrogen (secondary N) is 1. The molecule has 0 amide bonds. The van der Waals surface area contributed by atoms with Gasteiger partial charge in [0.1, 0.15) is 0 Å². The molecule has 4 atom stereocenters. The van der Waals surface area contributed by atoms with Crippen molar-refractivity contribution < 1.29 is 9.53 Å².